The Morgan fingerprint density at radius 3 is 2.20 bits per heavy atom. The van der Waals surface area contributed by atoms with E-state index in [-0.39, 0.29) is 34.1 Å². The highest BCUT2D eigenvalue weighted by atomic mass is 35.5. The molecule has 0 aliphatic heterocycles. The first-order valence-electron chi connectivity index (χ1n) is 14.2. The predicted octanol–water partition coefficient (Wildman–Crippen LogP) is 6.10. The molecule has 0 aromatic heterocycles. The van der Waals surface area contributed by atoms with Crippen molar-refractivity contribution in [2.75, 3.05) is 10.8 Å². The molecular formula is C32H38ClN3O4S. The number of sulfonamides is 1. The van der Waals surface area contributed by atoms with Crippen molar-refractivity contribution in [3.63, 3.8) is 0 Å². The quantitative estimate of drug-likeness (QED) is 0.290. The van der Waals surface area contributed by atoms with E-state index < -0.39 is 28.5 Å². The number of nitrogens with one attached hydrogen (secondary N) is 1. The Balaban J connectivity index is 1.70. The molecule has 2 amide bonds. The lowest BCUT2D eigenvalue weighted by molar-refractivity contribution is -0.140. The van der Waals surface area contributed by atoms with Crippen LogP contribution >= 0.6 is 11.6 Å². The first kappa shape index (κ1) is 30.6. The molecule has 1 unspecified atom stereocenters. The molecule has 0 bridgehead atoms. The Bertz CT molecular complexity index is 1420. The highest BCUT2D eigenvalue weighted by molar-refractivity contribution is 7.92. The summed E-state index contributed by atoms with van der Waals surface area (Å²) in [5.41, 5.74) is 2.12. The fourth-order valence-electron chi connectivity index (χ4n) is 5.24. The second-order valence-electron chi connectivity index (χ2n) is 10.6. The largest absolute Gasteiger partial charge is 0.352 e. The van der Waals surface area contributed by atoms with Crippen LogP contribution in [-0.2, 0) is 26.2 Å². The minimum atomic E-state index is -4.16. The van der Waals surface area contributed by atoms with Gasteiger partial charge in [-0.3, -0.25) is 13.9 Å². The zero-order chi connectivity index (χ0) is 29.4. The van der Waals surface area contributed by atoms with Crippen LogP contribution in [0.2, 0.25) is 5.02 Å². The summed E-state index contributed by atoms with van der Waals surface area (Å²) in [6.07, 6.45) is 5.52. The van der Waals surface area contributed by atoms with E-state index in [0.29, 0.717) is 6.42 Å². The standard InChI is InChI=1S/C32H38ClN3O4S/c1-3-29(32(38)34-26-12-6-4-7-13-26)35(22-25-20-18-24(2)19-21-25)31(37)23-36(30-17-11-10-16-28(30)33)41(39,40)27-14-8-5-9-15-27/h5,8-11,14-21,26,29H,3-4,6-7,12-13,22-23H2,1-2H3,(H,34,38). The van der Waals surface area contributed by atoms with Crippen LogP contribution < -0.4 is 9.62 Å². The van der Waals surface area contributed by atoms with Gasteiger partial charge in [0.05, 0.1) is 15.6 Å². The van der Waals surface area contributed by atoms with Crippen LogP contribution in [-0.4, -0.2) is 43.8 Å². The maximum atomic E-state index is 14.2. The van der Waals surface area contributed by atoms with Gasteiger partial charge in [-0.05, 0) is 56.0 Å². The van der Waals surface area contributed by atoms with Crippen molar-refractivity contribution in [3.05, 3.63) is 95.0 Å². The molecule has 9 heteroatoms. The number of para-hydroxylation sites is 1. The summed E-state index contributed by atoms with van der Waals surface area (Å²) in [4.78, 5) is 29.3. The van der Waals surface area contributed by atoms with Gasteiger partial charge in [0.1, 0.15) is 12.6 Å². The number of carbonyl (C=O) groups excluding carboxylic acids is 2. The number of amides is 2. The van der Waals surface area contributed by atoms with Crippen LogP contribution in [0, 0.1) is 6.92 Å². The molecule has 0 heterocycles. The summed E-state index contributed by atoms with van der Waals surface area (Å²) in [5, 5.41) is 3.37. The van der Waals surface area contributed by atoms with Gasteiger partial charge in [-0.2, -0.15) is 0 Å². The molecule has 218 valence electrons. The maximum absolute atomic E-state index is 14.2. The minimum Gasteiger partial charge on any atom is -0.352 e. The number of nitrogens with zero attached hydrogens (tertiary/aromatic N) is 2. The average molecular weight is 596 g/mol. The Hall–Kier alpha value is -3.36. The third-order valence-corrected chi connectivity index (χ3v) is 9.64. The Labute approximate surface area is 248 Å². The van der Waals surface area contributed by atoms with Crippen molar-refractivity contribution >= 4 is 39.1 Å². The average Bonchev–Trinajstić information content (AvgIpc) is 2.98. The third kappa shape index (κ3) is 7.68. The Kier molecular flexibility index (Phi) is 10.5. The molecule has 41 heavy (non-hydrogen) atoms. The van der Waals surface area contributed by atoms with Crippen LogP contribution in [0.5, 0.6) is 0 Å². The third-order valence-electron chi connectivity index (χ3n) is 7.54. The molecule has 0 radical (unpaired) electrons. The number of carbonyl (C=O) groups is 2. The summed E-state index contributed by atoms with van der Waals surface area (Å²) in [6, 6.07) is 21.6. The number of rotatable bonds is 11. The van der Waals surface area contributed by atoms with E-state index in [9.17, 15) is 18.0 Å². The van der Waals surface area contributed by atoms with Crippen LogP contribution in [0.25, 0.3) is 0 Å². The van der Waals surface area contributed by atoms with E-state index in [0.717, 1.165) is 47.5 Å². The topological polar surface area (TPSA) is 86.8 Å². The molecule has 3 aromatic rings. The smallest absolute Gasteiger partial charge is 0.264 e. The van der Waals surface area contributed by atoms with Crippen molar-refractivity contribution in [1.82, 2.24) is 10.2 Å². The lowest BCUT2D eigenvalue weighted by atomic mass is 9.95. The van der Waals surface area contributed by atoms with Crippen LogP contribution in [0.1, 0.15) is 56.6 Å². The first-order valence-corrected chi connectivity index (χ1v) is 16.0. The van der Waals surface area contributed by atoms with Gasteiger partial charge in [-0.1, -0.05) is 97.9 Å². The summed E-state index contributed by atoms with van der Waals surface area (Å²) in [7, 11) is -4.16. The summed E-state index contributed by atoms with van der Waals surface area (Å²) in [6.45, 7) is 3.50. The van der Waals surface area contributed by atoms with Crippen molar-refractivity contribution in [2.45, 2.75) is 75.9 Å². The number of hydrogen-bond donors (Lipinski definition) is 1. The van der Waals surface area contributed by atoms with Gasteiger partial charge in [-0.15, -0.1) is 0 Å². The maximum Gasteiger partial charge on any atom is 0.264 e. The summed E-state index contributed by atoms with van der Waals surface area (Å²) < 4.78 is 28.8. The molecule has 1 aliphatic rings. The van der Waals surface area contributed by atoms with Gasteiger partial charge in [0.15, 0.2) is 0 Å². The molecule has 1 atom stereocenters. The normalized spacial score (nSPS) is 14.7. The molecule has 1 fully saturated rings. The van der Waals surface area contributed by atoms with Gasteiger partial charge in [0, 0.05) is 12.6 Å². The molecule has 1 saturated carbocycles. The Morgan fingerprint density at radius 2 is 1.56 bits per heavy atom. The molecule has 7 nitrogen and oxygen atoms in total. The second kappa shape index (κ2) is 14.0. The summed E-state index contributed by atoms with van der Waals surface area (Å²) >= 11 is 6.47. The van der Waals surface area contributed by atoms with E-state index in [4.69, 9.17) is 11.6 Å². The first-order chi connectivity index (χ1) is 19.7. The fraction of sp³-hybridized carbons (Fsp3) is 0.375. The summed E-state index contributed by atoms with van der Waals surface area (Å²) in [5.74, 6) is -0.703. The van der Waals surface area contributed by atoms with Gasteiger partial charge in [0.25, 0.3) is 10.0 Å². The van der Waals surface area contributed by atoms with E-state index >= 15 is 0 Å². The highest BCUT2D eigenvalue weighted by Crippen LogP contribution is 2.31. The second-order valence-corrected chi connectivity index (χ2v) is 12.8. The number of anilines is 1. The van der Waals surface area contributed by atoms with Gasteiger partial charge >= 0.3 is 0 Å². The zero-order valence-corrected chi connectivity index (χ0v) is 25.2. The van der Waals surface area contributed by atoms with Gasteiger partial charge in [0.2, 0.25) is 11.8 Å². The number of aryl methyl sites for hydroxylation is 1. The van der Waals surface area contributed by atoms with Gasteiger partial charge in [-0.25, -0.2) is 8.42 Å². The van der Waals surface area contributed by atoms with Crippen LogP contribution in [0.15, 0.2) is 83.8 Å². The number of hydrogen-bond acceptors (Lipinski definition) is 4. The van der Waals surface area contributed by atoms with Crippen molar-refractivity contribution in [2.24, 2.45) is 0 Å². The molecule has 3 aromatic carbocycles. The number of halogens is 1. The molecule has 0 saturated heterocycles. The monoisotopic (exact) mass is 595 g/mol. The van der Waals surface area contributed by atoms with E-state index in [1.165, 1.54) is 17.0 Å². The predicted molar refractivity (Wildman–Crippen MR) is 163 cm³/mol. The lowest BCUT2D eigenvalue weighted by Gasteiger charge is -2.34. The van der Waals surface area contributed by atoms with Crippen molar-refractivity contribution in [3.8, 4) is 0 Å². The van der Waals surface area contributed by atoms with E-state index in [1.807, 2.05) is 38.1 Å². The van der Waals surface area contributed by atoms with Crippen LogP contribution in [0.4, 0.5) is 5.69 Å². The minimum absolute atomic E-state index is 0.0416. The molecular weight excluding hydrogens is 558 g/mol. The molecule has 1 aliphatic carbocycles. The lowest BCUT2D eigenvalue weighted by Crippen LogP contribution is -2.54. The van der Waals surface area contributed by atoms with Crippen molar-refractivity contribution in [1.29, 1.82) is 0 Å². The molecule has 4 rings (SSSR count). The molecule has 1 N–H and O–H groups in total. The van der Waals surface area contributed by atoms with E-state index in [1.54, 1.807) is 42.5 Å². The van der Waals surface area contributed by atoms with Crippen LogP contribution in [0.3, 0.4) is 0 Å². The zero-order valence-electron chi connectivity index (χ0n) is 23.6. The van der Waals surface area contributed by atoms with E-state index in [2.05, 4.69) is 5.32 Å². The van der Waals surface area contributed by atoms with Gasteiger partial charge < -0.3 is 10.2 Å². The highest BCUT2D eigenvalue weighted by Gasteiger charge is 2.35. The fourth-order valence-corrected chi connectivity index (χ4v) is 6.98. The van der Waals surface area contributed by atoms with Crippen molar-refractivity contribution < 1.29 is 18.0 Å². The molecule has 0 spiro atoms. The number of benzene rings is 3. The SMILES string of the molecule is CCC(C(=O)NC1CCCCC1)N(Cc1ccc(C)cc1)C(=O)CN(c1ccccc1Cl)S(=O)(=O)c1ccccc1. The Morgan fingerprint density at radius 1 is 0.927 bits per heavy atom.